The lowest BCUT2D eigenvalue weighted by molar-refractivity contribution is 0.102. The number of sulfone groups is 2. The van der Waals surface area contributed by atoms with Gasteiger partial charge in [0, 0.05) is 73.7 Å². The monoisotopic (exact) mass is 774 g/mol. The van der Waals surface area contributed by atoms with E-state index in [2.05, 4.69) is 24.3 Å². The molecular weight excluding hydrogens is 753 g/mol. The summed E-state index contributed by atoms with van der Waals surface area (Å²) in [4.78, 5) is 28.0. The quantitative estimate of drug-likeness (QED) is 0.173. The maximum absolute atomic E-state index is 14.0. The lowest BCUT2D eigenvalue weighted by Gasteiger charge is -2.21. The third-order valence-electron chi connectivity index (χ3n) is 10.6. The van der Waals surface area contributed by atoms with E-state index < -0.39 is 19.7 Å². The fraction of sp³-hybridized carbons (Fsp3) is 0. The Morgan fingerprint density at radius 3 is 1.20 bits per heavy atom. The zero-order chi connectivity index (χ0) is 36.7. The Morgan fingerprint density at radius 2 is 0.759 bits per heavy atom. The number of ketones is 2. The van der Waals surface area contributed by atoms with Crippen LogP contribution in [-0.2, 0) is 19.7 Å². The summed E-state index contributed by atoms with van der Waals surface area (Å²) < 4.78 is 59.1. The highest BCUT2D eigenvalue weighted by atomic mass is 32.2. The standard InChI is InChI=1S/C44H22O6S4/c45-41-27-11-3-7-15-33(27)53(47,48)35-19-17-23(21-29(35)41)37-39-25-9-1-5-13-31(25)51-43(39)38(40-26-10-2-6-14-32(26)52-44(37)40)24-18-20-36-30(22-24)42(46)28-12-4-8-16-34(28)54(36,49)50/h1-22H. The molecule has 0 unspecified atom stereocenters. The molecule has 0 amide bonds. The molecule has 2 aliphatic heterocycles. The summed E-state index contributed by atoms with van der Waals surface area (Å²) in [6.07, 6.45) is 0. The van der Waals surface area contributed by atoms with Gasteiger partial charge in [0.05, 0.1) is 19.6 Å². The van der Waals surface area contributed by atoms with Crippen molar-refractivity contribution in [2.75, 3.05) is 0 Å². The second kappa shape index (κ2) is 10.9. The molecule has 0 N–H and O–H groups in total. The normalized spacial score (nSPS) is 15.3. The number of hydrogen-bond donors (Lipinski definition) is 0. The van der Waals surface area contributed by atoms with Gasteiger partial charge in [0.15, 0.2) is 11.6 Å². The van der Waals surface area contributed by atoms with Crippen LogP contribution in [0.1, 0.15) is 31.8 Å². The zero-order valence-corrected chi connectivity index (χ0v) is 31.1. The average Bonchev–Trinajstić information content (AvgIpc) is 3.77. The minimum absolute atomic E-state index is 0.0116. The Morgan fingerprint density at radius 1 is 0.389 bits per heavy atom. The number of benzene rings is 7. The molecule has 10 heteroatoms. The van der Waals surface area contributed by atoms with Crippen LogP contribution in [0.3, 0.4) is 0 Å². The smallest absolute Gasteiger partial charge is 0.208 e. The maximum atomic E-state index is 14.0. The number of carbonyl (C=O) groups excluding carboxylic acids is 2. The molecule has 0 saturated heterocycles. The van der Waals surface area contributed by atoms with Gasteiger partial charge in [-0.2, -0.15) is 0 Å². The molecule has 0 saturated carbocycles. The van der Waals surface area contributed by atoms with Crippen molar-refractivity contribution in [2.24, 2.45) is 0 Å². The van der Waals surface area contributed by atoms with Crippen molar-refractivity contribution in [1.82, 2.24) is 0 Å². The summed E-state index contributed by atoms with van der Waals surface area (Å²) >= 11 is 3.21. The molecular formula is C44H22O6S4. The van der Waals surface area contributed by atoms with Crippen molar-refractivity contribution in [2.45, 2.75) is 19.6 Å². The number of thiophene rings is 2. The largest absolute Gasteiger partial charge is 0.289 e. The van der Waals surface area contributed by atoms with Gasteiger partial charge < -0.3 is 0 Å². The summed E-state index contributed by atoms with van der Waals surface area (Å²) in [6.45, 7) is 0. The van der Waals surface area contributed by atoms with E-state index in [-0.39, 0.29) is 53.4 Å². The first-order valence-electron chi connectivity index (χ1n) is 17.0. The third kappa shape index (κ3) is 4.08. The summed E-state index contributed by atoms with van der Waals surface area (Å²) in [5, 5.41) is 3.83. The van der Waals surface area contributed by atoms with Crippen LogP contribution in [0.5, 0.6) is 0 Å². The number of hydrogen-bond acceptors (Lipinski definition) is 8. The fourth-order valence-electron chi connectivity index (χ4n) is 8.22. The Hall–Kier alpha value is -5.78. The number of rotatable bonds is 2. The Kier molecular flexibility index (Phi) is 6.40. The molecule has 2 aromatic heterocycles. The van der Waals surface area contributed by atoms with E-state index in [1.807, 2.05) is 24.3 Å². The molecule has 7 aromatic carbocycles. The van der Waals surface area contributed by atoms with E-state index in [1.165, 1.54) is 12.1 Å². The fourth-order valence-corrected chi connectivity index (χ4v) is 14.0. The van der Waals surface area contributed by atoms with E-state index in [0.29, 0.717) is 11.1 Å². The van der Waals surface area contributed by atoms with Gasteiger partial charge in [0.1, 0.15) is 0 Å². The van der Waals surface area contributed by atoms with Crippen LogP contribution in [0.25, 0.3) is 62.6 Å². The molecule has 0 fully saturated rings. The first-order valence-corrected chi connectivity index (χ1v) is 21.6. The minimum Gasteiger partial charge on any atom is -0.289 e. The summed E-state index contributed by atoms with van der Waals surface area (Å²) in [6, 6.07) is 38.9. The van der Waals surface area contributed by atoms with Gasteiger partial charge in [-0.05, 0) is 71.8 Å². The van der Waals surface area contributed by atoms with E-state index in [1.54, 1.807) is 95.5 Å². The zero-order valence-electron chi connectivity index (χ0n) is 27.8. The lowest BCUT2D eigenvalue weighted by atomic mass is 9.89. The molecule has 11 rings (SSSR count). The van der Waals surface area contributed by atoms with Crippen molar-refractivity contribution in [3.8, 4) is 22.3 Å². The van der Waals surface area contributed by atoms with E-state index in [9.17, 15) is 26.4 Å². The predicted octanol–water partition coefficient (Wildman–Crippen LogP) is 10.5. The van der Waals surface area contributed by atoms with Crippen LogP contribution in [0, 0.1) is 0 Å². The molecule has 9 aromatic rings. The molecule has 54 heavy (non-hydrogen) atoms. The molecule has 4 heterocycles. The van der Waals surface area contributed by atoms with Gasteiger partial charge in [-0.15, -0.1) is 22.7 Å². The van der Waals surface area contributed by atoms with E-state index >= 15 is 0 Å². The topological polar surface area (TPSA) is 102 Å². The predicted molar refractivity (Wildman–Crippen MR) is 214 cm³/mol. The Labute approximate surface area is 316 Å². The first-order chi connectivity index (χ1) is 26.1. The van der Waals surface area contributed by atoms with Gasteiger partial charge in [-0.1, -0.05) is 72.8 Å². The number of carbonyl (C=O) groups is 2. The van der Waals surface area contributed by atoms with Crippen molar-refractivity contribution in [3.05, 3.63) is 156 Å². The Balaban J connectivity index is 1.26. The van der Waals surface area contributed by atoms with Gasteiger partial charge in [0.2, 0.25) is 19.7 Å². The molecule has 0 aliphatic carbocycles. The third-order valence-corrected chi connectivity index (χ3v) is 16.7. The highest BCUT2D eigenvalue weighted by Gasteiger charge is 2.37. The van der Waals surface area contributed by atoms with Crippen LogP contribution in [-0.4, -0.2) is 28.4 Å². The van der Waals surface area contributed by atoms with Crippen molar-refractivity contribution >= 4 is 94.3 Å². The van der Waals surface area contributed by atoms with Crippen LogP contribution < -0.4 is 0 Å². The second-order valence-corrected chi connectivity index (χ2v) is 19.3. The van der Waals surface area contributed by atoms with Crippen molar-refractivity contribution < 1.29 is 26.4 Å². The Bertz CT molecular complexity index is 3230. The van der Waals surface area contributed by atoms with Crippen molar-refractivity contribution in [3.63, 3.8) is 0 Å². The molecule has 6 nitrogen and oxygen atoms in total. The van der Waals surface area contributed by atoms with Crippen LogP contribution in [0.15, 0.2) is 153 Å². The minimum atomic E-state index is -3.93. The highest BCUT2D eigenvalue weighted by molar-refractivity contribution is 7.92. The van der Waals surface area contributed by atoms with Crippen LogP contribution >= 0.6 is 22.7 Å². The van der Waals surface area contributed by atoms with Crippen LogP contribution in [0.2, 0.25) is 0 Å². The molecule has 0 atom stereocenters. The molecule has 0 spiro atoms. The SMILES string of the molecule is O=C1c2ccccc2S(=O)(=O)c2ccc(-c3c4sc5ccccc5c4c(-c4ccc5c(c4)C(=O)c4ccccc4S5(=O)=O)c4sc5ccccc5c34)cc21. The molecule has 2 aliphatic rings. The maximum Gasteiger partial charge on any atom is 0.208 e. The lowest BCUT2D eigenvalue weighted by Crippen LogP contribution is -2.20. The van der Waals surface area contributed by atoms with Gasteiger partial charge in [-0.3, -0.25) is 9.59 Å². The van der Waals surface area contributed by atoms with Crippen molar-refractivity contribution in [1.29, 1.82) is 0 Å². The molecule has 0 bridgehead atoms. The van der Waals surface area contributed by atoms with Gasteiger partial charge in [-0.25, -0.2) is 16.8 Å². The van der Waals surface area contributed by atoms with Gasteiger partial charge in [0.25, 0.3) is 0 Å². The molecule has 258 valence electrons. The highest BCUT2D eigenvalue weighted by Crippen LogP contribution is 2.54. The van der Waals surface area contributed by atoms with E-state index in [0.717, 1.165) is 51.5 Å². The van der Waals surface area contributed by atoms with Gasteiger partial charge >= 0.3 is 0 Å². The van der Waals surface area contributed by atoms with Crippen LogP contribution in [0.4, 0.5) is 0 Å². The molecule has 0 radical (unpaired) electrons. The first kappa shape index (κ1) is 31.7. The summed E-state index contributed by atoms with van der Waals surface area (Å²) in [5.41, 5.74) is 3.73. The summed E-state index contributed by atoms with van der Waals surface area (Å²) in [7, 11) is -7.86. The van der Waals surface area contributed by atoms with E-state index in [4.69, 9.17) is 0 Å². The second-order valence-electron chi connectivity index (χ2n) is 13.4. The number of fused-ring (bicyclic) bond motifs is 10. The summed E-state index contributed by atoms with van der Waals surface area (Å²) in [5.74, 6) is -0.689. The average molecular weight is 775 g/mol.